The summed E-state index contributed by atoms with van der Waals surface area (Å²) in [5.41, 5.74) is 0. The van der Waals surface area contributed by atoms with E-state index in [2.05, 4.69) is 0 Å². The molecule has 2 bridgehead atoms. The van der Waals surface area contributed by atoms with Crippen molar-refractivity contribution in [3.63, 3.8) is 0 Å². The molecule has 3 heteroatoms. The maximum atomic E-state index is 9.05. The highest BCUT2D eigenvalue weighted by Crippen LogP contribution is 2.27. The van der Waals surface area contributed by atoms with E-state index in [-0.39, 0.29) is 12.2 Å². The minimum atomic E-state index is -0.663. The lowest BCUT2D eigenvalue weighted by Gasteiger charge is -2.25. The van der Waals surface area contributed by atoms with Crippen molar-refractivity contribution in [1.82, 2.24) is 0 Å². The van der Waals surface area contributed by atoms with Gasteiger partial charge in [-0.2, -0.15) is 0 Å². The van der Waals surface area contributed by atoms with Crippen molar-refractivity contribution in [2.24, 2.45) is 0 Å². The number of hydrogen-bond acceptors (Lipinski definition) is 3. The van der Waals surface area contributed by atoms with Crippen molar-refractivity contribution in [2.45, 2.75) is 31.3 Å². The Balaban J connectivity index is 2.05. The summed E-state index contributed by atoms with van der Waals surface area (Å²) in [4.78, 5) is 0. The first-order valence-electron chi connectivity index (χ1n) is 3.31. The van der Waals surface area contributed by atoms with E-state index in [1.165, 1.54) is 0 Å². The summed E-state index contributed by atoms with van der Waals surface area (Å²) in [5.74, 6) is 0. The molecular formula is C6H10O3. The fraction of sp³-hybridized carbons (Fsp3) is 1.00. The van der Waals surface area contributed by atoms with Crippen molar-refractivity contribution in [3.8, 4) is 0 Å². The molecule has 0 spiro atoms. The van der Waals surface area contributed by atoms with E-state index in [1.807, 2.05) is 0 Å². The van der Waals surface area contributed by atoms with Crippen LogP contribution in [0.25, 0.3) is 0 Å². The second-order valence-electron chi connectivity index (χ2n) is 2.60. The molecule has 52 valence electrons. The third-order valence-electron chi connectivity index (χ3n) is 1.91. The lowest BCUT2D eigenvalue weighted by molar-refractivity contribution is -0.227. The fourth-order valence-electron chi connectivity index (χ4n) is 1.38. The second-order valence-corrected chi connectivity index (χ2v) is 2.60. The minimum absolute atomic E-state index is 0.0382. The van der Waals surface area contributed by atoms with Crippen LogP contribution in [0.5, 0.6) is 0 Å². The predicted molar refractivity (Wildman–Crippen MR) is 29.9 cm³/mol. The molecule has 0 aromatic rings. The van der Waals surface area contributed by atoms with Crippen LogP contribution in [0.3, 0.4) is 0 Å². The van der Waals surface area contributed by atoms with Crippen LogP contribution in [0.2, 0.25) is 0 Å². The van der Waals surface area contributed by atoms with E-state index < -0.39 is 6.29 Å². The van der Waals surface area contributed by atoms with Crippen molar-refractivity contribution in [1.29, 1.82) is 0 Å². The lowest BCUT2D eigenvalue weighted by Crippen LogP contribution is -2.36. The van der Waals surface area contributed by atoms with Gasteiger partial charge in [-0.3, -0.25) is 0 Å². The Morgan fingerprint density at radius 2 is 2.22 bits per heavy atom. The van der Waals surface area contributed by atoms with E-state index in [1.54, 1.807) is 0 Å². The third kappa shape index (κ3) is 0.852. The molecule has 0 aromatic heterocycles. The number of ether oxygens (including phenoxy) is 2. The van der Waals surface area contributed by atoms with Crippen LogP contribution in [0.4, 0.5) is 0 Å². The van der Waals surface area contributed by atoms with Gasteiger partial charge in [0.2, 0.25) is 0 Å². The van der Waals surface area contributed by atoms with Crippen molar-refractivity contribution in [3.05, 3.63) is 0 Å². The van der Waals surface area contributed by atoms with Gasteiger partial charge in [0.25, 0.3) is 0 Å². The largest absolute Gasteiger partial charge is 0.367 e. The summed E-state index contributed by atoms with van der Waals surface area (Å²) in [6.07, 6.45) is 1.55. The zero-order valence-corrected chi connectivity index (χ0v) is 5.12. The van der Waals surface area contributed by atoms with Gasteiger partial charge in [0, 0.05) is 0 Å². The minimum Gasteiger partial charge on any atom is -0.367 e. The number of rotatable bonds is 0. The maximum Gasteiger partial charge on any atom is 0.181 e. The molecule has 0 saturated carbocycles. The molecule has 0 radical (unpaired) electrons. The van der Waals surface area contributed by atoms with Crippen LogP contribution in [0.15, 0.2) is 0 Å². The number of fused-ring (bicyclic) bond motifs is 2. The molecule has 3 atom stereocenters. The van der Waals surface area contributed by atoms with Gasteiger partial charge >= 0.3 is 0 Å². The molecule has 0 unspecified atom stereocenters. The van der Waals surface area contributed by atoms with Gasteiger partial charge in [0.15, 0.2) is 6.29 Å². The summed E-state index contributed by atoms with van der Waals surface area (Å²) in [5, 5.41) is 9.05. The van der Waals surface area contributed by atoms with Crippen LogP contribution >= 0.6 is 0 Å². The van der Waals surface area contributed by atoms with Crippen LogP contribution < -0.4 is 0 Å². The van der Waals surface area contributed by atoms with Crippen molar-refractivity contribution < 1.29 is 14.6 Å². The number of hydrogen-bond donors (Lipinski definition) is 1. The SMILES string of the molecule is O[C@H]1OC[C@@H]2CC[C@H]1O2. The molecule has 2 aliphatic rings. The van der Waals surface area contributed by atoms with Gasteiger partial charge in [-0.1, -0.05) is 0 Å². The Morgan fingerprint density at radius 1 is 1.33 bits per heavy atom. The highest BCUT2D eigenvalue weighted by Gasteiger charge is 2.36. The maximum absolute atomic E-state index is 9.05. The van der Waals surface area contributed by atoms with E-state index >= 15 is 0 Å². The van der Waals surface area contributed by atoms with E-state index in [0.717, 1.165) is 12.8 Å². The molecule has 2 rings (SSSR count). The summed E-state index contributed by atoms with van der Waals surface area (Å²) >= 11 is 0. The summed E-state index contributed by atoms with van der Waals surface area (Å²) in [7, 11) is 0. The zero-order valence-electron chi connectivity index (χ0n) is 5.12. The van der Waals surface area contributed by atoms with E-state index in [0.29, 0.717) is 6.61 Å². The molecule has 2 fully saturated rings. The van der Waals surface area contributed by atoms with Gasteiger partial charge in [-0.25, -0.2) is 0 Å². The number of aliphatic hydroxyl groups is 1. The van der Waals surface area contributed by atoms with Crippen LogP contribution in [0.1, 0.15) is 12.8 Å². The topological polar surface area (TPSA) is 38.7 Å². The first-order valence-corrected chi connectivity index (χ1v) is 3.31. The molecule has 9 heavy (non-hydrogen) atoms. The molecule has 2 saturated heterocycles. The summed E-state index contributed by atoms with van der Waals surface area (Å²) < 4.78 is 10.3. The van der Waals surface area contributed by atoms with Crippen LogP contribution in [-0.2, 0) is 9.47 Å². The van der Waals surface area contributed by atoms with E-state index in [9.17, 15) is 0 Å². The van der Waals surface area contributed by atoms with Crippen LogP contribution in [-0.4, -0.2) is 30.2 Å². The molecule has 0 aromatic carbocycles. The predicted octanol–water partition coefficient (Wildman–Crippen LogP) is -0.117. The highest BCUT2D eigenvalue weighted by atomic mass is 16.7. The Hall–Kier alpha value is -0.120. The molecule has 3 nitrogen and oxygen atoms in total. The van der Waals surface area contributed by atoms with Crippen LogP contribution in [0, 0.1) is 0 Å². The van der Waals surface area contributed by atoms with Gasteiger partial charge in [0.05, 0.1) is 12.7 Å². The zero-order chi connectivity index (χ0) is 6.27. The molecule has 0 amide bonds. The molecule has 2 heterocycles. The fourth-order valence-corrected chi connectivity index (χ4v) is 1.38. The summed E-state index contributed by atoms with van der Waals surface area (Å²) in [6.45, 7) is 0.567. The lowest BCUT2D eigenvalue weighted by atomic mass is 10.2. The first kappa shape index (κ1) is 5.65. The first-order chi connectivity index (χ1) is 4.36. The monoisotopic (exact) mass is 130 g/mol. The quantitative estimate of drug-likeness (QED) is 0.497. The smallest absolute Gasteiger partial charge is 0.181 e. The number of aliphatic hydroxyl groups excluding tert-OH is 1. The van der Waals surface area contributed by atoms with Gasteiger partial charge in [-0.05, 0) is 12.8 Å². The second kappa shape index (κ2) is 1.94. The van der Waals surface area contributed by atoms with Gasteiger partial charge in [0.1, 0.15) is 6.10 Å². The Labute approximate surface area is 53.6 Å². The Kier molecular flexibility index (Phi) is 1.22. The third-order valence-corrected chi connectivity index (χ3v) is 1.91. The Morgan fingerprint density at radius 3 is 3.00 bits per heavy atom. The van der Waals surface area contributed by atoms with Gasteiger partial charge < -0.3 is 14.6 Å². The van der Waals surface area contributed by atoms with Crippen molar-refractivity contribution in [2.75, 3.05) is 6.61 Å². The average Bonchev–Trinajstić information content (AvgIpc) is 2.25. The van der Waals surface area contributed by atoms with Gasteiger partial charge in [-0.15, -0.1) is 0 Å². The molecule has 2 aliphatic heterocycles. The molecular weight excluding hydrogens is 120 g/mol. The van der Waals surface area contributed by atoms with E-state index in [4.69, 9.17) is 14.6 Å². The standard InChI is InChI=1S/C6H10O3/c7-6-5-2-1-4(9-5)3-8-6/h4-7H,1-3H2/t4-,5+,6-/m0/s1. The molecule has 0 aliphatic carbocycles. The Bertz CT molecular complexity index is 115. The highest BCUT2D eigenvalue weighted by molar-refractivity contribution is 4.79. The normalized spacial score (nSPS) is 49.7. The molecule has 1 N–H and O–H groups in total. The average molecular weight is 130 g/mol. The summed E-state index contributed by atoms with van der Waals surface area (Å²) in [6, 6.07) is 0. The van der Waals surface area contributed by atoms with Crippen molar-refractivity contribution >= 4 is 0 Å².